The second-order valence-corrected chi connectivity index (χ2v) is 5.41. The molecule has 0 aliphatic rings. The molecule has 0 saturated heterocycles. The standard InChI is InChI=1S/C13H18N4S/c1-4-11-7-16-13(18-11)10(3)17-9(2)12-8-14-5-6-15-12/h5-10,17H,4H2,1-3H3. The van der Waals surface area contributed by atoms with Crippen molar-refractivity contribution in [3.05, 3.63) is 40.4 Å². The van der Waals surface area contributed by atoms with Crippen molar-refractivity contribution in [1.29, 1.82) is 0 Å². The first kappa shape index (κ1) is 13.1. The highest BCUT2D eigenvalue weighted by Crippen LogP contribution is 2.22. The van der Waals surface area contributed by atoms with Gasteiger partial charge in [-0.05, 0) is 20.3 Å². The maximum absolute atomic E-state index is 4.45. The maximum Gasteiger partial charge on any atom is 0.109 e. The summed E-state index contributed by atoms with van der Waals surface area (Å²) >= 11 is 1.77. The van der Waals surface area contributed by atoms with Crippen LogP contribution in [-0.4, -0.2) is 15.0 Å². The first-order valence-corrected chi connectivity index (χ1v) is 6.99. The van der Waals surface area contributed by atoms with Crippen LogP contribution in [-0.2, 0) is 6.42 Å². The summed E-state index contributed by atoms with van der Waals surface area (Å²) in [5.74, 6) is 0. The minimum absolute atomic E-state index is 0.169. The molecule has 0 aromatic carbocycles. The molecule has 0 amide bonds. The van der Waals surface area contributed by atoms with E-state index >= 15 is 0 Å². The number of hydrogen-bond acceptors (Lipinski definition) is 5. The molecular weight excluding hydrogens is 244 g/mol. The quantitative estimate of drug-likeness (QED) is 0.900. The highest BCUT2D eigenvalue weighted by Gasteiger charge is 2.14. The molecule has 0 saturated carbocycles. The van der Waals surface area contributed by atoms with Gasteiger partial charge in [-0.25, -0.2) is 4.98 Å². The largest absolute Gasteiger partial charge is 0.300 e. The third-order valence-electron chi connectivity index (χ3n) is 2.82. The summed E-state index contributed by atoms with van der Waals surface area (Å²) < 4.78 is 0. The van der Waals surface area contributed by atoms with Crippen molar-refractivity contribution in [2.75, 3.05) is 0 Å². The maximum atomic E-state index is 4.45. The number of thiazole rings is 1. The number of nitrogens with zero attached hydrogens (tertiary/aromatic N) is 3. The topological polar surface area (TPSA) is 50.7 Å². The van der Waals surface area contributed by atoms with E-state index in [-0.39, 0.29) is 12.1 Å². The first-order chi connectivity index (χ1) is 8.70. The molecule has 0 spiro atoms. The Kier molecular flexibility index (Phi) is 4.38. The van der Waals surface area contributed by atoms with E-state index in [2.05, 4.69) is 41.0 Å². The van der Waals surface area contributed by atoms with Gasteiger partial charge >= 0.3 is 0 Å². The van der Waals surface area contributed by atoms with Crippen molar-refractivity contribution in [1.82, 2.24) is 20.3 Å². The highest BCUT2D eigenvalue weighted by molar-refractivity contribution is 7.11. The van der Waals surface area contributed by atoms with Gasteiger partial charge in [0.2, 0.25) is 0 Å². The molecule has 0 bridgehead atoms. The Morgan fingerprint density at radius 2 is 2.00 bits per heavy atom. The lowest BCUT2D eigenvalue weighted by Crippen LogP contribution is -2.23. The fourth-order valence-electron chi connectivity index (χ4n) is 1.75. The van der Waals surface area contributed by atoms with E-state index in [9.17, 15) is 0 Å². The lowest BCUT2D eigenvalue weighted by molar-refractivity contribution is 0.483. The molecule has 18 heavy (non-hydrogen) atoms. The molecular formula is C13H18N4S. The summed E-state index contributed by atoms with van der Waals surface area (Å²) in [5, 5.41) is 4.62. The molecule has 0 radical (unpaired) electrons. The van der Waals surface area contributed by atoms with Gasteiger partial charge in [0.1, 0.15) is 5.01 Å². The third kappa shape index (κ3) is 3.11. The lowest BCUT2D eigenvalue weighted by atomic mass is 10.2. The van der Waals surface area contributed by atoms with Gasteiger partial charge in [-0.3, -0.25) is 15.3 Å². The zero-order valence-corrected chi connectivity index (χ0v) is 11.7. The fraction of sp³-hybridized carbons (Fsp3) is 0.462. The number of aryl methyl sites for hydroxylation is 1. The van der Waals surface area contributed by atoms with Gasteiger partial charge in [-0.2, -0.15) is 0 Å². The Morgan fingerprint density at radius 1 is 1.17 bits per heavy atom. The molecule has 4 nitrogen and oxygen atoms in total. The Morgan fingerprint density at radius 3 is 2.61 bits per heavy atom. The molecule has 96 valence electrons. The van der Waals surface area contributed by atoms with Gasteiger partial charge in [0.15, 0.2) is 0 Å². The summed E-state index contributed by atoms with van der Waals surface area (Å²) in [5.41, 5.74) is 0.955. The second-order valence-electron chi connectivity index (χ2n) is 4.26. The van der Waals surface area contributed by atoms with Crippen molar-refractivity contribution >= 4 is 11.3 Å². The predicted octanol–water partition coefficient (Wildman–Crippen LogP) is 2.91. The van der Waals surface area contributed by atoms with Crippen LogP contribution in [0.2, 0.25) is 0 Å². The zero-order chi connectivity index (χ0) is 13.0. The van der Waals surface area contributed by atoms with Crippen LogP contribution in [0, 0.1) is 0 Å². The Hall–Kier alpha value is -1.33. The van der Waals surface area contributed by atoms with Crippen molar-refractivity contribution in [2.24, 2.45) is 0 Å². The van der Waals surface area contributed by atoms with Crippen LogP contribution >= 0.6 is 11.3 Å². The van der Waals surface area contributed by atoms with Crippen LogP contribution in [0.3, 0.4) is 0 Å². The average Bonchev–Trinajstić information content (AvgIpc) is 2.88. The summed E-state index contributed by atoms with van der Waals surface area (Å²) in [7, 11) is 0. The van der Waals surface area contributed by atoms with Gasteiger partial charge in [-0.15, -0.1) is 11.3 Å². The highest BCUT2D eigenvalue weighted by atomic mass is 32.1. The minimum atomic E-state index is 0.169. The van der Waals surface area contributed by atoms with Crippen LogP contribution in [0.5, 0.6) is 0 Å². The molecule has 2 atom stereocenters. The number of nitrogens with one attached hydrogen (secondary N) is 1. The number of rotatable bonds is 5. The zero-order valence-electron chi connectivity index (χ0n) is 10.9. The van der Waals surface area contributed by atoms with Crippen molar-refractivity contribution in [3.63, 3.8) is 0 Å². The average molecular weight is 262 g/mol. The minimum Gasteiger partial charge on any atom is -0.300 e. The first-order valence-electron chi connectivity index (χ1n) is 6.17. The monoisotopic (exact) mass is 262 g/mol. The van der Waals surface area contributed by atoms with Gasteiger partial charge in [0, 0.05) is 35.7 Å². The molecule has 2 rings (SSSR count). The summed E-state index contributed by atoms with van der Waals surface area (Å²) in [6.07, 6.45) is 8.21. The number of aromatic nitrogens is 3. The Bertz CT molecular complexity index is 483. The molecule has 5 heteroatoms. The molecule has 1 N–H and O–H groups in total. The Balaban J connectivity index is 2.01. The van der Waals surface area contributed by atoms with Gasteiger partial charge in [-0.1, -0.05) is 6.92 Å². The summed E-state index contributed by atoms with van der Waals surface area (Å²) in [4.78, 5) is 14.2. The van der Waals surface area contributed by atoms with Crippen LogP contribution in [0.15, 0.2) is 24.8 Å². The normalized spacial score (nSPS) is 14.4. The van der Waals surface area contributed by atoms with E-state index < -0.39 is 0 Å². The van der Waals surface area contributed by atoms with E-state index in [4.69, 9.17) is 0 Å². The molecule has 0 aliphatic carbocycles. The second kappa shape index (κ2) is 6.02. The smallest absolute Gasteiger partial charge is 0.109 e. The SMILES string of the molecule is CCc1cnc(C(C)NC(C)c2cnccn2)s1. The number of hydrogen-bond donors (Lipinski definition) is 1. The lowest BCUT2D eigenvalue weighted by Gasteiger charge is -2.17. The van der Waals surface area contributed by atoms with Crippen LogP contribution < -0.4 is 5.32 Å². The van der Waals surface area contributed by atoms with Crippen LogP contribution in [0.25, 0.3) is 0 Å². The molecule has 0 aliphatic heterocycles. The van der Waals surface area contributed by atoms with Crippen LogP contribution in [0.1, 0.15) is 48.4 Å². The molecule has 2 aromatic heterocycles. The molecule has 2 heterocycles. The van der Waals surface area contributed by atoms with E-state index in [0.29, 0.717) is 0 Å². The van der Waals surface area contributed by atoms with E-state index in [1.54, 1.807) is 29.9 Å². The van der Waals surface area contributed by atoms with Gasteiger partial charge < -0.3 is 0 Å². The molecule has 2 unspecified atom stereocenters. The van der Waals surface area contributed by atoms with E-state index in [1.165, 1.54) is 4.88 Å². The van der Waals surface area contributed by atoms with Gasteiger partial charge in [0.25, 0.3) is 0 Å². The fourth-order valence-corrected chi connectivity index (χ4v) is 2.62. The predicted molar refractivity (Wildman–Crippen MR) is 73.5 cm³/mol. The van der Waals surface area contributed by atoms with Crippen molar-refractivity contribution in [3.8, 4) is 0 Å². The summed E-state index contributed by atoms with van der Waals surface area (Å²) in [6, 6.07) is 0.398. The van der Waals surface area contributed by atoms with Crippen molar-refractivity contribution in [2.45, 2.75) is 39.3 Å². The molecule has 2 aromatic rings. The molecule has 0 fully saturated rings. The van der Waals surface area contributed by atoms with E-state index in [1.807, 2.05) is 6.20 Å². The summed E-state index contributed by atoms with van der Waals surface area (Å²) in [6.45, 7) is 6.37. The van der Waals surface area contributed by atoms with Gasteiger partial charge in [0.05, 0.1) is 11.7 Å². The van der Waals surface area contributed by atoms with Crippen LogP contribution in [0.4, 0.5) is 0 Å². The van der Waals surface area contributed by atoms with Crippen molar-refractivity contribution < 1.29 is 0 Å². The Labute approximate surface area is 112 Å². The van der Waals surface area contributed by atoms with E-state index in [0.717, 1.165) is 17.1 Å². The third-order valence-corrected chi connectivity index (χ3v) is 4.14.